The van der Waals surface area contributed by atoms with Crippen molar-refractivity contribution in [2.75, 3.05) is 4.90 Å². The molecule has 2 heterocycles. The SMILES string of the molecule is CCc1c(C)sc(N2C(N)=C(C#N)C(C(F)(F)F)(C(F)(F)F)C3=C2CCC3)c1C#N. The van der Waals surface area contributed by atoms with Crippen LogP contribution in [0.4, 0.5) is 31.3 Å². The lowest BCUT2D eigenvalue weighted by Crippen LogP contribution is -2.56. The van der Waals surface area contributed by atoms with E-state index in [1.165, 1.54) is 0 Å². The summed E-state index contributed by atoms with van der Waals surface area (Å²) in [6, 6.07) is 3.09. The molecule has 4 nitrogen and oxygen atoms in total. The van der Waals surface area contributed by atoms with E-state index in [1.807, 2.05) is 6.07 Å². The Morgan fingerprint density at radius 3 is 2.17 bits per heavy atom. The van der Waals surface area contributed by atoms with Crippen LogP contribution in [-0.2, 0) is 6.42 Å². The first-order valence-corrected chi connectivity index (χ1v) is 9.78. The fraction of sp³-hybridized carbons (Fsp3) is 0.474. The second-order valence-corrected chi connectivity index (χ2v) is 8.22. The molecule has 1 aromatic heterocycles. The van der Waals surface area contributed by atoms with Crippen molar-refractivity contribution in [3.63, 3.8) is 0 Å². The van der Waals surface area contributed by atoms with Gasteiger partial charge in [-0.2, -0.15) is 36.9 Å². The lowest BCUT2D eigenvalue weighted by atomic mass is 9.69. The zero-order valence-corrected chi connectivity index (χ0v) is 16.7. The monoisotopic (exact) mass is 446 g/mol. The molecule has 2 aliphatic rings. The molecule has 0 saturated carbocycles. The predicted octanol–water partition coefficient (Wildman–Crippen LogP) is 5.55. The molecule has 1 aliphatic carbocycles. The largest absolute Gasteiger partial charge is 0.411 e. The van der Waals surface area contributed by atoms with E-state index in [2.05, 4.69) is 0 Å². The highest BCUT2D eigenvalue weighted by Crippen LogP contribution is 2.65. The van der Waals surface area contributed by atoms with Crippen molar-refractivity contribution in [3.05, 3.63) is 38.7 Å². The minimum absolute atomic E-state index is 0.0495. The standard InChI is InChI=1S/C19H16F6N4S/c1-3-10-9(2)30-16(11(10)7-26)29-14-6-4-5-12(14)17(18(20,21)22,19(23,24)25)13(8-27)15(29)28/h3-6,28H2,1-2H3. The molecule has 0 fully saturated rings. The van der Waals surface area contributed by atoms with E-state index in [0.29, 0.717) is 16.9 Å². The van der Waals surface area contributed by atoms with Crippen LogP contribution in [-0.4, -0.2) is 12.4 Å². The third-order valence-corrected chi connectivity index (χ3v) is 6.74. The van der Waals surface area contributed by atoms with Gasteiger partial charge in [0.05, 0.1) is 11.1 Å². The summed E-state index contributed by atoms with van der Waals surface area (Å²) in [7, 11) is 0. The smallest absolute Gasteiger partial charge is 0.384 e. The highest BCUT2D eigenvalue weighted by Gasteiger charge is 2.77. The summed E-state index contributed by atoms with van der Waals surface area (Å²) in [6.45, 7) is 3.50. The van der Waals surface area contributed by atoms with E-state index in [1.54, 1.807) is 13.8 Å². The molecule has 3 rings (SSSR count). The van der Waals surface area contributed by atoms with Crippen LogP contribution in [0.3, 0.4) is 0 Å². The van der Waals surface area contributed by atoms with Crippen LogP contribution in [0.15, 0.2) is 22.7 Å². The van der Waals surface area contributed by atoms with E-state index in [4.69, 9.17) is 5.73 Å². The van der Waals surface area contributed by atoms with Crippen molar-refractivity contribution in [2.24, 2.45) is 11.1 Å². The van der Waals surface area contributed by atoms with Crippen LogP contribution < -0.4 is 10.6 Å². The molecule has 0 aromatic carbocycles. The molecule has 2 N–H and O–H groups in total. The highest BCUT2D eigenvalue weighted by molar-refractivity contribution is 7.16. The molecule has 0 unspecified atom stereocenters. The number of hydrogen-bond donors (Lipinski definition) is 1. The van der Waals surface area contributed by atoms with Crippen LogP contribution in [0, 0.1) is 35.0 Å². The Morgan fingerprint density at radius 1 is 1.10 bits per heavy atom. The topological polar surface area (TPSA) is 76.8 Å². The maximum Gasteiger partial charge on any atom is 0.411 e. The van der Waals surface area contributed by atoms with E-state index in [-0.39, 0.29) is 29.1 Å². The molecule has 30 heavy (non-hydrogen) atoms. The lowest BCUT2D eigenvalue weighted by Gasteiger charge is -2.44. The Bertz CT molecular complexity index is 1030. The zero-order chi connectivity index (χ0) is 22.6. The zero-order valence-electron chi connectivity index (χ0n) is 15.9. The van der Waals surface area contributed by atoms with Gasteiger partial charge in [0.2, 0.25) is 5.41 Å². The molecule has 0 saturated heterocycles. The number of alkyl halides is 6. The molecular weight excluding hydrogens is 430 g/mol. The first kappa shape index (κ1) is 22.0. The van der Waals surface area contributed by atoms with Crippen LogP contribution in [0.2, 0.25) is 0 Å². The summed E-state index contributed by atoms with van der Waals surface area (Å²) in [5.41, 5.74) is -0.551. The summed E-state index contributed by atoms with van der Waals surface area (Å²) >= 11 is 1.06. The van der Waals surface area contributed by atoms with Gasteiger partial charge in [-0.1, -0.05) is 6.92 Å². The number of halogens is 6. The second-order valence-electron chi connectivity index (χ2n) is 7.01. The predicted molar refractivity (Wildman–Crippen MR) is 97.9 cm³/mol. The van der Waals surface area contributed by atoms with Crippen LogP contribution in [0.5, 0.6) is 0 Å². The molecule has 11 heteroatoms. The maximum absolute atomic E-state index is 14.1. The van der Waals surface area contributed by atoms with Gasteiger partial charge in [-0.25, -0.2) is 0 Å². The molecule has 160 valence electrons. The van der Waals surface area contributed by atoms with Gasteiger partial charge >= 0.3 is 12.4 Å². The number of anilines is 1. The third kappa shape index (κ3) is 2.64. The van der Waals surface area contributed by atoms with Crippen molar-refractivity contribution in [1.82, 2.24) is 0 Å². The summed E-state index contributed by atoms with van der Waals surface area (Å²) < 4.78 is 84.5. The third-order valence-electron chi connectivity index (χ3n) is 5.60. The number of nitrogens with zero attached hydrogens (tertiary/aromatic N) is 3. The number of allylic oxidation sites excluding steroid dienone is 3. The van der Waals surface area contributed by atoms with Crippen LogP contribution in [0.1, 0.15) is 42.2 Å². The number of aryl methyl sites for hydroxylation is 1. The van der Waals surface area contributed by atoms with E-state index >= 15 is 0 Å². The van der Waals surface area contributed by atoms with Crippen molar-refractivity contribution >= 4 is 16.3 Å². The number of hydrogen-bond acceptors (Lipinski definition) is 5. The Kier molecular flexibility index (Phi) is 5.10. The molecule has 1 aliphatic heterocycles. The quantitative estimate of drug-likeness (QED) is 0.604. The van der Waals surface area contributed by atoms with Crippen molar-refractivity contribution in [1.29, 1.82) is 10.5 Å². The van der Waals surface area contributed by atoms with Crippen LogP contribution in [0.25, 0.3) is 0 Å². The molecule has 0 radical (unpaired) electrons. The van der Waals surface area contributed by atoms with E-state index in [0.717, 1.165) is 22.3 Å². The molecule has 0 bridgehead atoms. The molecule has 0 spiro atoms. The lowest BCUT2D eigenvalue weighted by molar-refractivity contribution is -0.310. The fourth-order valence-electron chi connectivity index (χ4n) is 4.40. The van der Waals surface area contributed by atoms with Gasteiger partial charge < -0.3 is 5.73 Å². The highest BCUT2D eigenvalue weighted by atomic mass is 32.1. The molecule has 0 atom stereocenters. The van der Waals surface area contributed by atoms with Crippen molar-refractivity contribution in [3.8, 4) is 12.1 Å². The van der Waals surface area contributed by atoms with Gasteiger partial charge in [-0.3, -0.25) is 4.90 Å². The van der Waals surface area contributed by atoms with Crippen molar-refractivity contribution < 1.29 is 26.3 Å². The maximum atomic E-state index is 14.1. The second kappa shape index (κ2) is 6.95. The van der Waals surface area contributed by atoms with Gasteiger partial charge in [0.15, 0.2) is 0 Å². The first-order valence-electron chi connectivity index (χ1n) is 8.97. The number of rotatable bonds is 2. The van der Waals surface area contributed by atoms with Gasteiger partial charge in [-0.15, -0.1) is 11.3 Å². The number of nitrogens with two attached hydrogens (primary N) is 1. The fourth-order valence-corrected chi connectivity index (χ4v) is 5.63. The Labute approximate surface area is 172 Å². The Morgan fingerprint density at radius 2 is 1.70 bits per heavy atom. The molecule has 0 amide bonds. The number of nitriles is 2. The molecular formula is C19H16F6N4S. The Balaban J connectivity index is 2.44. The van der Waals surface area contributed by atoms with Crippen molar-refractivity contribution in [2.45, 2.75) is 51.9 Å². The average molecular weight is 446 g/mol. The molecule has 1 aromatic rings. The van der Waals surface area contributed by atoms with E-state index < -0.39 is 41.2 Å². The minimum Gasteiger partial charge on any atom is -0.384 e. The van der Waals surface area contributed by atoms with E-state index in [9.17, 15) is 36.9 Å². The van der Waals surface area contributed by atoms with Gasteiger partial charge in [-0.05, 0) is 43.7 Å². The first-order chi connectivity index (χ1) is 13.9. The summed E-state index contributed by atoms with van der Waals surface area (Å²) in [5.74, 6) is -0.937. The summed E-state index contributed by atoms with van der Waals surface area (Å²) in [4.78, 5) is 1.77. The number of thiophene rings is 1. The summed E-state index contributed by atoms with van der Waals surface area (Å²) in [6.07, 6.45) is -11.7. The van der Waals surface area contributed by atoms with Crippen LogP contribution >= 0.6 is 11.3 Å². The average Bonchev–Trinajstić information content (AvgIpc) is 3.22. The normalized spacial score (nSPS) is 19.1. The Hall–Kier alpha value is -2.66. The minimum atomic E-state index is -5.81. The summed E-state index contributed by atoms with van der Waals surface area (Å²) in [5, 5.41) is 19.2. The van der Waals surface area contributed by atoms with Gasteiger partial charge in [0.25, 0.3) is 0 Å². The van der Waals surface area contributed by atoms with Gasteiger partial charge in [0.1, 0.15) is 23.0 Å². The van der Waals surface area contributed by atoms with Gasteiger partial charge in [0, 0.05) is 10.6 Å².